The van der Waals surface area contributed by atoms with Crippen molar-refractivity contribution < 1.29 is 19.4 Å². The van der Waals surface area contributed by atoms with Crippen molar-refractivity contribution in [2.24, 2.45) is 11.8 Å². The molecule has 3 N–H and O–H groups in total. The number of nitrogens with one attached hydrogen (secondary N) is 2. The summed E-state index contributed by atoms with van der Waals surface area (Å²) >= 11 is 0. The fraction of sp³-hybridized carbons (Fsp3) is 0.720. The molecule has 8 heteroatoms. The van der Waals surface area contributed by atoms with Gasteiger partial charge in [0.1, 0.15) is 5.56 Å². The Balaban J connectivity index is 2.21. The third kappa shape index (κ3) is 8.50. The van der Waals surface area contributed by atoms with Crippen LogP contribution in [0.4, 0.5) is 0 Å². The molecule has 0 bridgehead atoms. The summed E-state index contributed by atoms with van der Waals surface area (Å²) in [5.74, 6) is 0.845. The molecule has 1 fully saturated rings. The Kier molecular flexibility index (Phi) is 10.4. The standard InChI is InChI=1S/C25H42N4O4/c1-6-22(31)28-25(4,5)13-14-29-24(33-17-18(2)3)20(16-26-29)23(32)27-21-12-8-7-10-19(21)11-9-15-30/h13-14,16,18-19,21,30H,6-12,15,17H2,1-5H3,(H,27,32)(H,28,31)/b14-13+/t19?,21-/m1/s1. The number of aliphatic hydroxyl groups excluding tert-OH is 1. The van der Waals surface area contributed by atoms with Gasteiger partial charge in [-0.05, 0) is 57.4 Å². The molecular weight excluding hydrogens is 420 g/mol. The van der Waals surface area contributed by atoms with Crippen molar-refractivity contribution in [2.45, 2.75) is 91.1 Å². The highest BCUT2D eigenvalue weighted by molar-refractivity contribution is 5.96. The van der Waals surface area contributed by atoms with Crippen molar-refractivity contribution >= 4 is 18.0 Å². The van der Waals surface area contributed by atoms with Crippen LogP contribution >= 0.6 is 0 Å². The molecule has 33 heavy (non-hydrogen) atoms. The van der Waals surface area contributed by atoms with Gasteiger partial charge in [-0.3, -0.25) is 9.59 Å². The number of amides is 2. The Morgan fingerprint density at radius 2 is 2.06 bits per heavy atom. The minimum atomic E-state index is -0.571. The Morgan fingerprint density at radius 1 is 1.33 bits per heavy atom. The van der Waals surface area contributed by atoms with Crippen LogP contribution in [0.2, 0.25) is 0 Å². The van der Waals surface area contributed by atoms with E-state index in [0.29, 0.717) is 30.4 Å². The molecule has 1 aliphatic carbocycles. The van der Waals surface area contributed by atoms with Crippen LogP contribution in [-0.4, -0.2) is 51.5 Å². The van der Waals surface area contributed by atoms with Crippen LogP contribution in [0.3, 0.4) is 0 Å². The molecule has 2 amide bonds. The van der Waals surface area contributed by atoms with Gasteiger partial charge in [-0.1, -0.05) is 33.6 Å². The first-order valence-corrected chi connectivity index (χ1v) is 12.3. The van der Waals surface area contributed by atoms with Gasteiger partial charge in [-0.15, -0.1) is 0 Å². The van der Waals surface area contributed by atoms with Gasteiger partial charge in [0.25, 0.3) is 5.91 Å². The molecule has 0 saturated heterocycles. The summed E-state index contributed by atoms with van der Waals surface area (Å²) in [7, 11) is 0. The van der Waals surface area contributed by atoms with Crippen molar-refractivity contribution in [3.63, 3.8) is 0 Å². The molecule has 2 rings (SSSR count). The van der Waals surface area contributed by atoms with E-state index in [1.54, 1.807) is 17.1 Å². The highest BCUT2D eigenvalue weighted by atomic mass is 16.5. The van der Waals surface area contributed by atoms with Crippen molar-refractivity contribution in [1.82, 2.24) is 20.4 Å². The monoisotopic (exact) mass is 462 g/mol. The van der Waals surface area contributed by atoms with Crippen molar-refractivity contribution in [3.8, 4) is 5.88 Å². The zero-order valence-corrected chi connectivity index (χ0v) is 20.9. The number of carbonyl (C=O) groups is 2. The molecule has 1 aromatic heterocycles. The van der Waals surface area contributed by atoms with Gasteiger partial charge in [0.05, 0.1) is 18.3 Å². The van der Waals surface area contributed by atoms with Gasteiger partial charge < -0.3 is 20.5 Å². The molecule has 1 unspecified atom stereocenters. The highest BCUT2D eigenvalue weighted by Gasteiger charge is 2.28. The zero-order valence-electron chi connectivity index (χ0n) is 20.9. The summed E-state index contributed by atoms with van der Waals surface area (Å²) in [5.41, 5.74) is -0.166. The van der Waals surface area contributed by atoms with Crippen LogP contribution in [0.5, 0.6) is 5.88 Å². The SMILES string of the molecule is CCC(=O)NC(C)(C)/C=C/n1ncc(C(=O)N[C@@H]2CCCCC2CCCO)c1OCC(C)C. The lowest BCUT2D eigenvalue weighted by Crippen LogP contribution is -2.42. The first-order chi connectivity index (χ1) is 15.7. The van der Waals surface area contributed by atoms with Gasteiger partial charge in [-0.2, -0.15) is 5.10 Å². The number of aliphatic hydroxyl groups is 1. The maximum absolute atomic E-state index is 13.2. The second-order valence-electron chi connectivity index (χ2n) is 9.94. The number of hydrogen-bond donors (Lipinski definition) is 3. The zero-order chi connectivity index (χ0) is 24.4. The molecule has 2 atom stereocenters. The molecule has 0 aliphatic heterocycles. The Labute approximate surface area is 198 Å². The molecule has 0 aromatic carbocycles. The molecule has 1 aliphatic rings. The third-order valence-corrected chi connectivity index (χ3v) is 5.92. The van der Waals surface area contributed by atoms with Crippen LogP contribution < -0.4 is 15.4 Å². The fourth-order valence-corrected chi connectivity index (χ4v) is 4.09. The fourth-order valence-electron chi connectivity index (χ4n) is 4.09. The van der Waals surface area contributed by atoms with Crippen LogP contribution in [0.15, 0.2) is 12.3 Å². The largest absolute Gasteiger partial charge is 0.477 e. The summed E-state index contributed by atoms with van der Waals surface area (Å²) in [5, 5.41) is 19.7. The van der Waals surface area contributed by atoms with Crippen molar-refractivity contribution in [3.05, 3.63) is 17.8 Å². The molecule has 1 heterocycles. The van der Waals surface area contributed by atoms with E-state index in [4.69, 9.17) is 4.74 Å². The number of hydrogen-bond acceptors (Lipinski definition) is 5. The second-order valence-corrected chi connectivity index (χ2v) is 9.94. The normalized spacial score (nSPS) is 19.1. The van der Waals surface area contributed by atoms with Gasteiger partial charge in [-0.25, -0.2) is 4.68 Å². The number of nitrogens with zero attached hydrogens (tertiary/aromatic N) is 2. The van der Waals surface area contributed by atoms with Crippen LogP contribution in [-0.2, 0) is 4.79 Å². The van der Waals surface area contributed by atoms with E-state index >= 15 is 0 Å². The maximum atomic E-state index is 13.2. The van der Waals surface area contributed by atoms with E-state index in [1.807, 2.05) is 40.7 Å². The van der Waals surface area contributed by atoms with Crippen molar-refractivity contribution in [2.75, 3.05) is 13.2 Å². The average Bonchev–Trinajstić information content (AvgIpc) is 3.18. The van der Waals surface area contributed by atoms with Crippen LogP contribution in [0, 0.1) is 11.8 Å². The summed E-state index contributed by atoms with van der Waals surface area (Å²) in [4.78, 5) is 25.0. The predicted octanol–water partition coefficient (Wildman–Crippen LogP) is 3.75. The third-order valence-electron chi connectivity index (χ3n) is 5.92. The van der Waals surface area contributed by atoms with Crippen LogP contribution in [0.25, 0.3) is 6.20 Å². The topological polar surface area (TPSA) is 105 Å². The van der Waals surface area contributed by atoms with Gasteiger partial charge in [0.2, 0.25) is 11.8 Å². The number of rotatable bonds is 12. The average molecular weight is 463 g/mol. The molecule has 0 spiro atoms. The number of aromatic nitrogens is 2. The van der Waals surface area contributed by atoms with E-state index in [1.165, 1.54) is 0 Å². The van der Waals surface area contributed by atoms with E-state index in [9.17, 15) is 14.7 Å². The van der Waals surface area contributed by atoms with E-state index in [2.05, 4.69) is 15.7 Å². The first kappa shape index (κ1) is 26.9. The maximum Gasteiger partial charge on any atom is 0.258 e. The van der Waals surface area contributed by atoms with Crippen molar-refractivity contribution in [1.29, 1.82) is 0 Å². The first-order valence-electron chi connectivity index (χ1n) is 12.3. The number of ether oxygens (including phenoxy) is 1. The minimum Gasteiger partial charge on any atom is -0.477 e. The highest BCUT2D eigenvalue weighted by Crippen LogP contribution is 2.29. The molecule has 1 aromatic rings. The molecule has 8 nitrogen and oxygen atoms in total. The Bertz CT molecular complexity index is 800. The lowest BCUT2D eigenvalue weighted by molar-refractivity contribution is -0.121. The van der Waals surface area contributed by atoms with Crippen LogP contribution in [0.1, 0.15) is 89.9 Å². The quantitative estimate of drug-likeness (QED) is 0.439. The summed E-state index contributed by atoms with van der Waals surface area (Å²) in [6, 6.07) is 0.0952. The molecule has 1 saturated carbocycles. The molecule has 0 radical (unpaired) electrons. The minimum absolute atomic E-state index is 0.0373. The van der Waals surface area contributed by atoms with Gasteiger partial charge >= 0.3 is 0 Å². The second kappa shape index (κ2) is 12.8. The lowest BCUT2D eigenvalue weighted by Gasteiger charge is -2.32. The molecule has 186 valence electrons. The molecular formula is C25H42N4O4. The van der Waals surface area contributed by atoms with Gasteiger partial charge in [0, 0.05) is 25.3 Å². The summed E-state index contributed by atoms with van der Waals surface area (Å²) in [6.45, 7) is 10.3. The predicted molar refractivity (Wildman–Crippen MR) is 130 cm³/mol. The van der Waals surface area contributed by atoms with E-state index < -0.39 is 5.54 Å². The summed E-state index contributed by atoms with van der Waals surface area (Å²) < 4.78 is 7.56. The van der Waals surface area contributed by atoms with Gasteiger partial charge in [0.15, 0.2) is 0 Å². The van der Waals surface area contributed by atoms with E-state index in [-0.39, 0.29) is 30.4 Å². The van der Waals surface area contributed by atoms with E-state index in [0.717, 1.165) is 38.5 Å². The summed E-state index contributed by atoms with van der Waals surface area (Å²) in [6.07, 6.45) is 11.5. The lowest BCUT2D eigenvalue weighted by atomic mass is 9.81. The Hall–Kier alpha value is -2.35. The Morgan fingerprint density at radius 3 is 2.73 bits per heavy atom. The number of carbonyl (C=O) groups excluding carboxylic acids is 2. The smallest absolute Gasteiger partial charge is 0.258 e.